The van der Waals surface area contributed by atoms with Crippen LogP contribution < -0.4 is 10.6 Å². The molecule has 0 radical (unpaired) electrons. The minimum atomic E-state index is 0.117. The second kappa shape index (κ2) is 6.71. The van der Waals surface area contributed by atoms with Crippen molar-refractivity contribution in [2.45, 2.75) is 51.6 Å². The van der Waals surface area contributed by atoms with Gasteiger partial charge in [0, 0.05) is 12.1 Å². The largest absolute Gasteiger partial charge is 0.352 e. The van der Waals surface area contributed by atoms with Crippen LogP contribution in [0.3, 0.4) is 0 Å². The molecule has 0 aromatic heterocycles. The first-order valence-corrected chi connectivity index (χ1v) is 7.24. The van der Waals surface area contributed by atoms with Crippen molar-refractivity contribution in [1.82, 2.24) is 10.6 Å². The van der Waals surface area contributed by atoms with Crippen LogP contribution in [0.25, 0.3) is 0 Å². The summed E-state index contributed by atoms with van der Waals surface area (Å²) in [5.74, 6) is 0.117. The van der Waals surface area contributed by atoms with Gasteiger partial charge in [-0.05, 0) is 32.3 Å². The van der Waals surface area contributed by atoms with Crippen molar-refractivity contribution in [1.29, 1.82) is 0 Å². The van der Waals surface area contributed by atoms with E-state index in [2.05, 4.69) is 48.7 Å². The van der Waals surface area contributed by atoms with E-state index in [4.69, 9.17) is 0 Å². The summed E-state index contributed by atoms with van der Waals surface area (Å²) in [5.41, 5.74) is 2.48. The molecule has 2 rings (SSSR count). The van der Waals surface area contributed by atoms with E-state index in [0.717, 1.165) is 12.8 Å². The highest BCUT2D eigenvalue weighted by atomic mass is 16.1. The van der Waals surface area contributed by atoms with Crippen LogP contribution in [0.2, 0.25) is 0 Å². The van der Waals surface area contributed by atoms with Crippen molar-refractivity contribution in [2.24, 2.45) is 0 Å². The van der Waals surface area contributed by atoms with E-state index in [1.807, 2.05) is 0 Å². The van der Waals surface area contributed by atoms with E-state index in [1.165, 1.54) is 24.0 Å². The highest BCUT2D eigenvalue weighted by Crippen LogP contribution is 2.17. The highest BCUT2D eigenvalue weighted by Gasteiger charge is 2.17. The summed E-state index contributed by atoms with van der Waals surface area (Å²) < 4.78 is 0. The van der Waals surface area contributed by atoms with Gasteiger partial charge in [-0.2, -0.15) is 0 Å². The van der Waals surface area contributed by atoms with Gasteiger partial charge in [-0.25, -0.2) is 0 Å². The Bertz CT molecular complexity index is 425. The Kier molecular flexibility index (Phi) is 4.97. The lowest BCUT2D eigenvalue weighted by Crippen LogP contribution is -2.39. The summed E-state index contributed by atoms with van der Waals surface area (Å²) >= 11 is 0. The van der Waals surface area contributed by atoms with Gasteiger partial charge in [0.05, 0.1) is 6.54 Å². The predicted molar refractivity (Wildman–Crippen MR) is 78.0 cm³/mol. The summed E-state index contributed by atoms with van der Waals surface area (Å²) in [6.45, 7) is 4.58. The van der Waals surface area contributed by atoms with Gasteiger partial charge in [0.1, 0.15) is 0 Å². The molecule has 0 saturated heterocycles. The number of hydrogen-bond donors (Lipinski definition) is 2. The molecule has 104 valence electrons. The van der Waals surface area contributed by atoms with E-state index in [-0.39, 0.29) is 11.9 Å². The van der Waals surface area contributed by atoms with Crippen molar-refractivity contribution in [3.05, 3.63) is 35.4 Å². The molecule has 2 N–H and O–H groups in total. The molecular formula is C16H24N2O. The zero-order valence-corrected chi connectivity index (χ0v) is 11.9. The van der Waals surface area contributed by atoms with Gasteiger partial charge in [0.15, 0.2) is 0 Å². The van der Waals surface area contributed by atoms with Crippen LogP contribution in [-0.2, 0) is 4.79 Å². The zero-order chi connectivity index (χ0) is 13.7. The van der Waals surface area contributed by atoms with Crippen molar-refractivity contribution in [3.63, 3.8) is 0 Å². The van der Waals surface area contributed by atoms with Crippen molar-refractivity contribution >= 4 is 5.91 Å². The Labute approximate surface area is 115 Å². The first-order valence-electron chi connectivity index (χ1n) is 7.24. The minimum absolute atomic E-state index is 0.117. The van der Waals surface area contributed by atoms with Gasteiger partial charge in [-0.1, -0.05) is 42.7 Å². The van der Waals surface area contributed by atoms with Crippen LogP contribution in [0.4, 0.5) is 0 Å². The quantitative estimate of drug-likeness (QED) is 0.854. The summed E-state index contributed by atoms with van der Waals surface area (Å²) in [5, 5.41) is 6.38. The van der Waals surface area contributed by atoms with Crippen LogP contribution in [0.5, 0.6) is 0 Å². The minimum Gasteiger partial charge on any atom is -0.352 e. The summed E-state index contributed by atoms with van der Waals surface area (Å²) in [6.07, 6.45) is 4.77. The van der Waals surface area contributed by atoms with Crippen molar-refractivity contribution in [2.75, 3.05) is 6.54 Å². The lowest BCUT2D eigenvalue weighted by atomic mass is 10.1. The molecule has 1 aromatic carbocycles. The fourth-order valence-corrected chi connectivity index (χ4v) is 2.65. The number of nitrogens with one attached hydrogen (secondary N) is 2. The van der Waals surface area contributed by atoms with Crippen LogP contribution in [-0.4, -0.2) is 18.5 Å². The number of hydrogen-bond acceptors (Lipinski definition) is 2. The molecule has 1 aliphatic rings. The van der Waals surface area contributed by atoms with Gasteiger partial charge in [0.25, 0.3) is 0 Å². The predicted octanol–water partition coefficient (Wildman–Crippen LogP) is 2.70. The normalized spacial score (nSPS) is 17.4. The SMILES string of the molecule is Cc1cccc([C@H](C)NCC(=O)NC2CCCC2)c1. The Morgan fingerprint density at radius 2 is 2.11 bits per heavy atom. The first kappa shape index (κ1) is 14.1. The number of aryl methyl sites for hydroxylation is 1. The van der Waals surface area contributed by atoms with Gasteiger partial charge in [-0.3, -0.25) is 4.79 Å². The van der Waals surface area contributed by atoms with Gasteiger partial charge >= 0.3 is 0 Å². The smallest absolute Gasteiger partial charge is 0.234 e. The highest BCUT2D eigenvalue weighted by molar-refractivity contribution is 5.78. The van der Waals surface area contributed by atoms with Gasteiger partial charge < -0.3 is 10.6 Å². The van der Waals surface area contributed by atoms with Crippen LogP contribution >= 0.6 is 0 Å². The topological polar surface area (TPSA) is 41.1 Å². The van der Waals surface area contributed by atoms with Gasteiger partial charge in [0.2, 0.25) is 5.91 Å². The fourth-order valence-electron chi connectivity index (χ4n) is 2.65. The number of amides is 1. The molecule has 1 atom stereocenters. The zero-order valence-electron chi connectivity index (χ0n) is 11.9. The molecule has 0 unspecified atom stereocenters. The van der Waals surface area contributed by atoms with Crippen LogP contribution in [0, 0.1) is 6.92 Å². The number of rotatable bonds is 5. The number of carbonyl (C=O) groups excluding carboxylic acids is 1. The number of benzene rings is 1. The molecule has 1 aliphatic carbocycles. The van der Waals surface area contributed by atoms with E-state index < -0.39 is 0 Å². The molecule has 1 saturated carbocycles. The van der Waals surface area contributed by atoms with E-state index in [9.17, 15) is 4.79 Å². The van der Waals surface area contributed by atoms with E-state index in [0.29, 0.717) is 12.6 Å². The summed E-state index contributed by atoms with van der Waals surface area (Å²) in [6, 6.07) is 9.01. The molecule has 1 amide bonds. The monoisotopic (exact) mass is 260 g/mol. The number of carbonyl (C=O) groups is 1. The molecule has 1 aromatic rings. The molecule has 3 nitrogen and oxygen atoms in total. The molecular weight excluding hydrogens is 236 g/mol. The average Bonchev–Trinajstić information content (AvgIpc) is 2.88. The maximum absolute atomic E-state index is 11.8. The third-order valence-corrected chi connectivity index (χ3v) is 3.83. The third kappa shape index (κ3) is 4.35. The second-order valence-corrected chi connectivity index (χ2v) is 5.57. The van der Waals surface area contributed by atoms with Crippen LogP contribution in [0.15, 0.2) is 24.3 Å². The lowest BCUT2D eigenvalue weighted by molar-refractivity contribution is -0.121. The standard InChI is InChI=1S/C16H24N2O/c1-12-6-5-7-14(10-12)13(2)17-11-16(19)18-15-8-3-4-9-15/h5-7,10,13,15,17H,3-4,8-9,11H2,1-2H3,(H,18,19)/t13-/m0/s1. The summed E-state index contributed by atoms with van der Waals surface area (Å²) in [4.78, 5) is 11.8. The van der Waals surface area contributed by atoms with Crippen molar-refractivity contribution in [3.8, 4) is 0 Å². The van der Waals surface area contributed by atoms with Crippen molar-refractivity contribution < 1.29 is 4.79 Å². The maximum Gasteiger partial charge on any atom is 0.234 e. The summed E-state index contributed by atoms with van der Waals surface area (Å²) in [7, 11) is 0. The second-order valence-electron chi connectivity index (χ2n) is 5.57. The van der Waals surface area contributed by atoms with E-state index in [1.54, 1.807) is 0 Å². The Morgan fingerprint density at radius 1 is 1.37 bits per heavy atom. The first-order chi connectivity index (χ1) is 9.15. The van der Waals surface area contributed by atoms with Crippen LogP contribution in [0.1, 0.15) is 49.8 Å². The lowest BCUT2D eigenvalue weighted by Gasteiger charge is -2.16. The Hall–Kier alpha value is -1.35. The molecule has 0 aliphatic heterocycles. The molecule has 0 spiro atoms. The fraction of sp³-hybridized carbons (Fsp3) is 0.562. The molecule has 1 fully saturated rings. The molecule has 3 heteroatoms. The van der Waals surface area contributed by atoms with E-state index >= 15 is 0 Å². The third-order valence-electron chi connectivity index (χ3n) is 3.83. The Balaban J connectivity index is 1.76. The maximum atomic E-state index is 11.8. The molecule has 19 heavy (non-hydrogen) atoms. The average molecular weight is 260 g/mol. The molecule has 0 heterocycles. The van der Waals surface area contributed by atoms with Gasteiger partial charge in [-0.15, -0.1) is 0 Å². The Morgan fingerprint density at radius 3 is 2.79 bits per heavy atom. The molecule has 0 bridgehead atoms.